The lowest BCUT2D eigenvalue weighted by Gasteiger charge is -2.21. The number of aromatic nitrogens is 1. The van der Waals surface area contributed by atoms with E-state index in [1.165, 1.54) is 13.8 Å². The molecule has 0 unspecified atom stereocenters. The molecule has 0 spiro atoms. The Hall–Kier alpha value is -3.48. The van der Waals surface area contributed by atoms with Crippen molar-refractivity contribution in [3.63, 3.8) is 0 Å². The number of carboxylic acids is 1. The third kappa shape index (κ3) is 5.07. The summed E-state index contributed by atoms with van der Waals surface area (Å²) in [6.07, 6.45) is 0.567. The molecule has 0 bridgehead atoms. The molecular weight excluding hydrogens is 374 g/mol. The van der Waals surface area contributed by atoms with E-state index in [0.717, 1.165) is 17.0 Å². The molecule has 29 heavy (non-hydrogen) atoms. The number of carboxylic acid groups (broad SMARTS) is 1. The predicted octanol–water partition coefficient (Wildman–Crippen LogP) is 4.22. The minimum Gasteiger partial charge on any atom is -0.508 e. The van der Waals surface area contributed by atoms with Crippen molar-refractivity contribution < 1.29 is 28.9 Å². The van der Waals surface area contributed by atoms with Crippen LogP contribution in [0.15, 0.2) is 52.9 Å². The molecule has 152 valence electrons. The summed E-state index contributed by atoms with van der Waals surface area (Å²) in [6.45, 7) is 5.24. The number of aliphatic carboxylic acids is 1. The smallest absolute Gasteiger partial charge is 0.347 e. The van der Waals surface area contributed by atoms with Crippen molar-refractivity contribution in [3.05, 3.63) is 60.0 Å². The van der Waals surface area contributed by atoms with Gasteiger partial charge in [0.05, 0.1) is 12.3 Å². The molecular formula is C22H23NO6. The van der Waals surface area contributed by atoms with Crippen molar-refractivity contribution in [2.24, 2.45) is 0 Å². The summed E-state index contributed by atoms with van der Waals surface area (Å²) in [5, 5.41) is 18.5. The highest BCUT2D eigenvalue weighted by Crippen LogP contribution is 2.25. The molecule has 0 fully saturated rings. The number of benzene rings is 2. The van der Waals surface area contributed by atoms with Gasteiger partial charge in [-0.2, -0.15) is 0 Å². The summed E-state index contributed by atoms with van der Waals surface area (Å²) in [5.41, 5.74) is 0.288. The van der Waals surface area contributed by atoms with E-state index in [0.29, 0.717) is 30.4 Å². The predicted molar refractivity (Wildman–Crippen MR) is 106 cm³/mol. The Labute approximate surface area is 168 Å². The minimum atomic E-state index is -1.30. The Bertz CT molecular complexity index is 974. The van der Waals surface area contributed by atoms with E-state index in [1.807, 2.05) is 6.92 Å². The van der Waals surface area contributed by atoms with Gasteiger partial charge in [-0.15, -0.1) is 0 Å². The molecule has 0 atom stereocenters. The lowest BCUT2D eigenvalue weighted by atomic mass is 10.1. The number of aromatic hydroxyl groups is 1. The Morgan fingerprint density at radius 3 is 2.31 bits per heavy atom. The van der Waals surface area contributed by atoms with E-state index >= 15 is 0 Å². The zero-order chi connectivity index (χ0) is 21.0. The van der Waals surface area contributed by atoms with Crippen molar-refractivity contribution in [3.8, 4) is 28.7 Å². The summed E-state index contributed by atoms with van der Waals surface area (Å²) in [7, 11) is 0. The number of hydrogen-bond donors (Lipinski definition) is 2. The van der Waals surface area contributed by atoms with Crippen LogP contribution in [0.1, 0.15) is 25.3 Å². The second kappa shape index (κ2) is 8.26. The molecule has 0 aliphatic rings. The van der Waals surface area contributed by atoms with Crippen molar-refractivity contribution in [1.29, 1.82) is 0 Å². The molecule has 0 radical (unpaired) electrons. The number of phenolic OH excluding ortho intramolecular Hbond substituents is 1. The van der Waals surface area contributed by atoms with Gasteiger partial charge in [-0.25, -0.2) is 9.78 Å². The molecule has 0 saturated carbocycles. The molecule has 0 aliphatic heterocycles. The lowest BCUT2D eigenvalue weighted by Crippen LogP contribution is -2.37. The van der Waals surface area contributed by atoms with Gasteiger partial charge in [-0.05, 0) is 69.3 Å². The van der Waals surface area contributed by atoms with Gasteiger partial charge in [0.15, 0.2) is 5.60 Å². The maximum absolute atomic E-state index is 11.1. The van der Waals surface area contributed by atoms with Crippen LogP contribution in [0.5, 0.6) is 17.2 Å². The van der Waals surface area contributed by atoms with E-state index in [9.17, 15) is 9.90 Å². The van der Waals surface area contributed by atoms with Crippen molar-refractivity contribution >= 4 is 5.97 Å². The molecule has 3 rings (SSSR count). The fourth-order valence-electron chi connectivity index (χ4n) is 2.60. The number of phenols is 1. The molecule has 0 amide bonds. The van der Waals surface area contributed by atoms with Gasteiger partial charge in [0, 0.05) is 12.0 Å². The fraction of sp³-hybridized carbons (Fsp3) is 0.273. The highest BCUT2D eigenvalue weighted by molar-refractivity contribution is 5.76. The van der Waals surface area contributed by atoms with E-state index < -0.39 is 11.6 Å². The van der Waals surface area contributed by atoms with Crippen LogP contribution in [-0.4, -0.2) is 33.4 Å². The Balaban J connectivity index is 1.56. The number of rotatable bonds is 8. The molecule has 1 heterocycles. The molecule has 7 heteroatoms. The number of carbonyl (C=O) groups is 1. The lowest BCUT2D eigenvalue weighted by molar-refractivity contribution is -0.152. The monoisotopic (exact) mass is 397 g/mol. The number of aryl methyl sites for hydroxylation is 1. The summed E-state index contributed by atoms with van der Waals surface area (Å²) < 4.78 is 16.9. The molecule has 0 saturated heterocycles. The fourth-order valence-corrected chi connectivity index (χ4v) is 2.60. The first-order valence-corrected chi connectivity index (χ1v) is 9.15. The van der Waals surface area contributed by atoms with E-state index in [1.54, 1.807) is 48.5 Å². The summed E-state index contributed by atoms with van der Waals surface area (Å²) in [5.74, 6) is 1.47. The van der Waals surface area contributed by atoms with Crippen molar-refractivity contribution in [2.75, 3.05) is 6.61 Å². The second-order valence-corrected chi connectivity index (χ2v) is 7.06. The van der Waals surface area contributed by atoms with Crippen LogP contribution in [0.4, 0.5) is 0 Å². The maximum atomic E-state index is 11.1. The van der Waals surface area contributed by atoms with Crippen LogP contribution in [0.25, 0.3) is 11.5 Å². The molecule has 2 N–H and O–H groups in total. The average molecular weight is 397 g/mol. The van der Waals surface area contributed by atoms with E-state index in [2.05, 4.69) is 4.98 Å². The Kier molecular flexibility index (Phi) is 5.77. The van der Waals surface area contributed by atoms with Crippen LogP contribution in [-0.2, 0) is 11.2 Å². The summed E-state index contributed by atoms with van der Waals surface area (Å²) >= 11 is 0. The second-order valence-electron chi connectivity index (χ2n) is 7.06. The van der Waals surface area contributed by atoms with Gasteiger partial charge >= 0.3 is 5.97 Å². The largest absolute Gasteiger partial charge is 0.508 e. The van der Waals surface area contributed by atoms with Gasteiger partial charge in [0.25, 0.3) is 0 Å². The van der Waals surface area contributed by atoms with Gasteiger partial charge < -0.3 is 24.1 Å². The zero-order valence-corrected chi connectivity index (χ0v) is 16.5. The maximum Gasteiger partial charge on any atom is 0.347 e. The van der Waals surface area contributed by atoms with E-state index in [-0.39, 0.29) is 5.75 Å². The normalized spacial score (nSPS) is 11.3. The average Bonchev–Trinajstić information content (AvgIpc) is 3.04. The van der Waals surface area contributed by atoms with Crippen LogP contribution < -0.4 is 9.47 Å². The quantitative estimate of drug-likeness (QED) is 0.587. The number of hydrogen-bond acceptors (Lipinski definition) is 6. The summed E-state index contributed by atoms with van der Waals surface area (Å²) in [4.78, 5) is 15.6. The molecule has 2 aromatic carbocycles. The molecule has 0 aliphatic carbocycles. The summed E-state index contributed by atoms with van der Waals surface area (Å²) in [6, 6.07) is 13.5. The third-order valence-electron chi connectivity index (χ3n) is 4.33. The molecule has 7 nitrogen and oxygen atoms in total. The highest BCUT2D eigenvalue weighted by Gasteiger charge is 2.29. The van der Waals surface area contributed by atoms with Gasteiger partial charge in [0.1, 0.15) is 23.0 Å². The first-order chi connectivity index (χ1) is 13.7. The highest BCUT2D eigenvalue weighted by atomic mass is 16.5. The van der Waals surface area contributed by atoms with E-state index in [4.69, 9.17) is 19.0 Å². The SMILES string of the molecule is Cc1oc(-c2ccc(O)cc2)nc1CCOc1ccc(OC(C)(C)C(=O)O)cc1. The third-order valence-corrected chi connectivity index (χ3v) is 4.33. The number of oxazole rings is 1. The Morgan fingerprint density at radius 2 is 1.69 bits per heavy atom. The number of ether oxygens (including phenoxy) is 2. The van der Waals surface area contributed by atoms with Gasteiger partial charge in [-0.1, -0.05) is 0 Å². The van der Waals surface area contributed by atoms with Crippen molar-refractivity contribution in [1.82, 2.24) is 4.98 Å². The molecule has 1 aromatic heterocycles. The first kappa shape index (κ1) is 20.3. The van der Waals surface area contributed by atoms with Crippen LogP contribution in [0.2, 0.25) is 0 Å². The van der Waals surface area contributed by atoms with Crippen LogP contribution in [0, 0.1) is 6.92 Å². The van der Waals surface area contributed by atoms with Crippen LogP contribution in [0.3, 0.4) is 0 Å². The zero-order valence-electron chi connectivity index (χ0n) is 16.5. The van der Waals surface area contributed by atoms with Gasteiger partial charge in [-0.3, -0.25) is 0 Å². The standard InChI is InChI=1S/C22H23NO6/c1-14-19(23-20(28-14)15-4-6-16(24)7-5-15)12-13-27-17-8-10-18(11-9-17)29-22(2,3)21(25)26/h4-11,24H,12-13H2,1-3H3,(H,25,26). The number of nitrogens with zero attached hydrogens (tertiary/aromatic N) is 1. The first-order valence-electron chi connectivity index (χ1n) is 9.15. The van der Waals surface area contributed by atoms with Crippen LogP contribution >= 0.6 is 0 Å². The van der Waals surface area contributed by atoms with Crippen molar-refractivity contribution in [2.45, 2.75) is 32.8 Å². The molecule has 3 aromatic rings. The minimum absolute atomic E-state index is 0.189. The Morgan fingerprint density at radius 1 is 1.07 bits per heavy atom. The topological polar surface area (TPSA) is 102 Å². The van der Waals surface area contributed by atoms with Gasteiger partial charge in [0.2, 0.25) is 5.89 Å².